The van der Waals surface area contributed by atoms with Crippen LogP contribution < -0.4 is 0 Å². The molecule has 7 heteroatoms. The van der Waals surface area contributed by atoms with Crippen molar-refractivity contribution < 1.29 is 18.8 Å². The van der Waals surface area contributed by atoms with Gasteiger partial charge < -0.3 is 0 Å². The van der Waals surface area contributed by atoms with Crippen molar-refractivity contribution in [2.24, 2.45) is 11.8 Å². The van der Waals surface area contributed by atoms with Crippen molar-refractivity contribution in [3.05, 3.63) is 0 Å². The minimum absolute atomic E-state index is 0.00827. The van der Waals surface area contributed by atoms with E-state index in [4.69, 9.17) is 9.22 Å². The molecule has 0 aliphatic heterocycles. The third-order valence-electron chi connectivity index (χ3n) is 12.6. The van der Waals surface area contributed by atoms with Gasteiger partial charge in [0.2, 0.25) is 0 Å². The molecule has 2 unspecified atom stereocenters. The van der Waals surface area contributed by atoms with Gasteiger partial charge in [0.15, 0.2) is 0 Å². The first kappa shape index (κ1) is 58.5. The van der Waals surface area contributed by atoms with Gasteiger partial charge in [0, 0.05) is 0 Å². The van der Waals surface area contributed by atoms with Crippen molar-refractivity contribution in [2.75, 3.05) is 0 Å². The Balaban J connectivity index is 6.70. The fourth-order valence-corrected chi connectivity index (χ4v) is 20.5. The van der Waals surface area contributed by atoms with Crippen LogP contribution in [0, 0.1) is 11.8 Å². The van der Waals surface area contributed by atoms with Gasteiger partial charge in [-0.15, -0.1) is 0 Å². The zero-order valence-electron chi connectivity index (χ0n) is 40.6. The van der Waals surface area contributed by atoms with Crippen LogP contribution in [0.15, 0.2) is 0 Å². The molecule has 0 aliphatic carbocycles. The Morgan fingerprint density at radius 2 is 0.759 bits per heavy atom. The van der Waals surface area contributed by atoms with Crippen LogP contribution in [0.5, 0.6) is 0 Å². The number of rotatable bonds is 45. The topological polar surface area (TPSA) is 61.8 Å². The van der Waals surface area contributed by atoms with Crippen molar-refractivity contribution >= 4 is 52.7 Å². The second kappa shape index (κ2) is 42.8. The Morgan fingerprint density at radius 1 is 0.397 bits per heavy atom. The summed E-state index contributed by atoms with van der Waals surface area (Å²) in [7, 11) is 0. The Labute approximate surface area is 379 Å². The van der Waals surface area contributed by atoms with Gasteiger partial charge in [-0.1, -0.05) is 0 Å². The SMILES string of the molecule is CCCCCCC[CH2][Sn]([CH2]CC(CCCCCCCC)(CCCCCCCC)[O][Sn]([CH2]CCCCCCC)[O]C(=O)C(CC)CCCC)[O]C(=O)C(CC)CCCC. The molecule has 2 radical (unpaired) electrons. The number of carbonyl (C=O) groups excluding carboxylic acids is 2. The molecule has 0 bridgehead atoms. The molecule has 5 nitrogen and oxygen atoms in total. The third kappa shape index (κ3) is 32.2. The molecule has 58 heavy (non-hydrogen) atoms. The van der Waals surface area contributed by atoms with E-state index < -0.39 is 40.8 Å². The predicted molar refractivity (Wildman–Crippen MR) is 256 cm³/mol. The van der Waals surface area contributed by atoms with Crippen molar-refractivity contribution in [1.29, 1.82) is 0 Å². The number of hydrogen-bond donors (Lipinski definition) is 0. The molecule has 0 aromatic rings. The molecule has 0 fully saturated rings. The van der Waals surface area contributed by atoms with Crippen LogP contribution in [-0.4, -0.2) is 58.3 Å². The molecule has 2 atom stereocenters. The zero-order valence-corrected chi connectivity index (χ0v) is 46.3. The van der Waals surface area contributed by atoms with Gasteiger partial charge in [-0.05, 0) is 0 Å². The maximum atomic E-state index is 13.9. The summed E-state index contributed by atoms with van der Waals surface area (Å²) < 4.78 is 24.3. The Kier molecular flexibility index (Phi) is 43.1. The monoisotopic (exact) mass is 1030 g/mol. The van der Waals surface area contributed by atoms with E-state index in [2.05, 4.69) is 55.4 Å². The molecule has 0 saturated carbocycles. The molecule has 0 heterocycles. The predicted octanol–water partition coefficient (Wildman–Crippen LogP) is 17.4. The minimum atomic E-state index is -3.08. The molecular formula is C51H102O5Sn2. The van der Waals surface area contributed by atoms with E-state index >= 15 is 0 Å². The van der Waals surface area contributed by atoms with Crippen molar-refractivity contribution in [2.45, 2.75) is 299 Å². The molecule has 0 saturated heterocycles. The molecule has 0 aromatic carbocycles. The number of carbonyl (C=O) groups is 2. The molecule has 0 N–H and O–H groups in total. The summed E-state index contributed by atoms with van der Waals surface area (Å²) in [5.41, 5.74) is -0.260. The van der Waals surface area contributed by atoms with Gasteiger partial charge in [0.25, 0.3) is 0 Å². The van der Waals surface area contributed by atoms with Crippen molar-refractivity contribution in [3.63, 3.8) is 0 Å². The van der Waals surface area contributed by atoms with Crippen LogP contribution in [0.4, 0.5) is 0 Å². The van der Waals surface area contributed by atoms with E-state index in [1.807, 2.05) is 0 Å². The summed E-state index contributed by atoms with van der Waals surface area (Å²) >= 11 is -5.64. The van der Waals surface area contributed by atoms with Crippen molar-refractivity contribution in [3.8, 4) is 0 Å². The van der Waals surface area contributed by atoms with Crippen LogP contribution in [0.25, 0.3) is 0 Å². The van der Waals surface area contributed by atoms with Gasteiger partial charge in [-0.2, -0.15) is 0 Å². The molecule has 0 rings (SSSR count). The Morgan fingerprint density at radius 3 is 1.17 bits per heavy atom. The van der Waals surface area contributed by atoms with E-state index in [-0.39, 0.29) is 29.4 Å². The maximum absolute atomic E-state index is 13.9. The van der Waals surface area contributed by atoms with E-state index in [9.17, 15) is 9.59 Å². The number of unbranched alkanes of at least 4 members (excludes halogenated alkanes) is 22. The van der Waals surface area contributed by atoms with Gasteiger partial charge in [0.05, 0.1) is 0 Å². The average molecular weight is 1030 g/mol. The van der Waals surface area contributed by atoms with Crippen LogP contribution in [-0.2, 0) is 18.8 Å². The Hall–Kier alpha value is 0.497. The summed E-state index contributed by atoms with van der Waals surface area (Å²) in [6.07, 6.45) is 41.5. The zero-order chi connectivity index (χ0) is 43.0. The second-order valence-corrected chi connectivity index (χ2v) is 29.3. The van der Waals surface area contributed by atoms with Gasteiger partial charge >= 0.3 is 382 Å². The van der Waals surface area contributed by atoms with Gasteiger partial charge in [0.1, 0.15) is 0 Å². The van der Waals surface area contributed by atoms with Crippen LogP contribution in [0.3, 0.4) is 0 Å². The molecule has 0 spiro atoms. The van der Waals surface area contributed by atoms with E-state index in [0.29, 0.717) is 0 Å². The first-order chi connectivity index (χ1) is 28.3. The van der Waals surface area contributed by atoms with E-state index in [0.717, 1.165) is 90.4 Å². The molecule has 344 valence electrons. The first-order valence-corrected chi connectivity index (χ1v) is 35.7. The normalized spacial score (nSPS) is 13.1. The van der Waals surface area contributed by atoms with Crippen LogP contribution in [0.2, 0.25) is 13.3 Å². The molecule has 0 aromatic heterocycles. The summed E-state index contributed by atoms with van der Waals surface area (Å²) in [5.74, 6) is 0.185. The fraction of sp³-hybridized carbons (Fsp3) is 0.961. The van der Waals surface area contributed by atoms with E-state index in [1.165, 1.54) is 148 Å². The molecule has 0 aliphatic rings. The van der Waals surface area contributed by atoms with Crippen molar-refractivity contribution in [1.82, 2.24) is 0 Å². The quantitative estimate of drug-likeness (QED) is 0.0449. The van der Waals surface area contributed by atoms with Crippen LogP contribution in [0.1, 0.15) is 280 Å². The Bertz CT molecular complexity index is 884. The standard InChI is InChI=1S/C19H38O.2C8H16O2.2C8H17.2Sn/c1-4-7-9-11-13-15-17-19(20,6-3)18-16-14-12-10-8-5-2;2*1-3-5-6-7(4-2)8(9)10;2*1-3-5-7-8-6-4-2;;/h3-18H2,1-2H3;2*7H,3-6H2,1-2H3,(H,9,10);2*1,3-8H2,2H3;;/q-1;;;;;+1;+2/p-2. The molecule has 0 amide bonds. The summed E-state index contributed by atoms with van der Waals surface area (Å²) in [6, 6.07) is 0. The summed E-state index contributed by atoms with van der Waals surface area (Å²) in [6.45, 7) is 17.9. The average Bonchev–Trinajstić information content (AvgIpc) is 3.22. The molecular weight excluding hydrogens is 930 g/mol. The summed E-state index contributed by atoms with van der Waals surface area (Å²) in [4.78, 5) is 27.7. The number of hydrogen-bond acceptors (Lipinski definition) is 5. The van der Waals surface area contributed by atoms with E-state index in [1.54, 1.807) is 0 Å². The second-order valence-electron chi connectivity index (χ2n) is 18.1. The fourth-order valence-electron chi connectivity index (χ4n) is 8.39. The van der Waals surface area contributed by atoms with Crippen LogP contribution >= 0.6 is 0 Å². The first-order valence-electron chi connectivity index (χ1n) is 26.1. The van der Waals surface area contributed by atoms with Gasteiger partial charge in [-0.3, -0.25) is 0 Å². The summed E-state index contributed by atoms with van der Waals surface area (Å²) in [5, 5.41) is 0. The third-order valence-corrected chi connectivity index (χ3v) is 24.2. The van der Waals surface area contributed by atoms with Gasteiger partial charge in [-0.25, -0.2) is 0 Å².